The number of rotatable bonds is 3. The summed E-state index contributed by atoms with van der Waals surface area (Å²) < 4.78 is 0. The summed E-state index contributed by atoms with van der Waals surface area (Å²) in [7, 11) is 0. The number of allylic oxidation sites excluding steroid dienone is 1. The van der Waals surface area contributed by atoms with Crippen molar-refractivity contribution in [3.63, 3.8) is 0 Å². The molecule has 0 saturated heterocycles. The molecule has 21 heavy (non-hydrogen) atoms. The average Bonchev–Trinajstić information content (AvgIpc) is 2.53. The van der Waals surface area contributed by atoms with Crippen LogP contribution in [0.15, 0.2) is 72.8 Å². The molecule has 0 aromatic heterocycles. The second-order valence-electron chi connectivity index (χ2n) is 4.89. The van der Waals surface area contributed by atoms with Crippen LogP contribution in [0.25, 0.3) is 16.8 Å². The Balaban J connectivity index is 1.87. The quantitative estimate of drug-likeness (QED) is 0.439. The molecule has 0 radical (unpaired) electrons. The van der Waals surface area contributed by atoms with Gasteiger partial charge in [-0.2, -0.15) is 0 Å². The average molecular weight is 273 g/mol. The normalized spacial score (nSPS) is 11.0. The fraction of sp³-hybridized carbons (Fsp3) is 0. The molecular formula is C19H15NO. The van der Waals surface area contributed by atoms with Gasteiger partial charge in [0.25, 0.3) is 0 Å². The Kier molecular flexibility index (Phi) is 3.52. The smallest absolute Gasteiger partial charge is 0.187 e. The van der Waals surface area contributed by atoms with Crippen LogP contribution in [-0.4, -0.2) is 5.78 Å². The summed E-state index contributed by atoms with van der Waals surface area (Å²) in [6.45, 7) is 0. The molecule has 3 aromatic rings. The molecule has 0 aliphatic rings. The lowest BCUT2D eigenvalue weighted by molar-refractivity contribution is 0.104. The second kappa shape index (κ2) is 5.63. The molecule has 2 N–H and O–H groups in total. The molecule has 0 bridgehead atoms. The van der Waals surface area contributed by atoms with Gasteiger partial charge in [0.1, 0.15) is 0 Å². The van der Waals surface area contributed by atoms with Crippen LogP contribution in [0.3, 0.4) is 0 Å². The van der Waals surface area contributed by atoms with Gasteiger partial charge in [-0.1, -0.05) is 54.6 Å². The number of carbonyl (C=O) groups is 1. The first-order valence-electron chi connectivity index (χ1n) is 6.80. The van der Waals surface area contributed by atoms with Crippen LogP contribution in [0.1, 0.15) is 15.9 Å². The van der Waals surface area contributed by atoms with Crippen molar-refractivity contribution in [2.75, 3.05) is 5.73 Å². The van der Waals surface area contributed by atoms with E-state index in [2.05, 4.69) is 24.3 Å². The number of hydrogen-bond donors (Lipinski definition) is 1. The molecule has 0 spiro atoms. The summed E-state index contributed by atoms with van der Waals surface area (Å²) in [4.78, 5) is 12.1. The van der Waals surface area contributed by atoms with E-state index in [4.69, 9.17) is 5.73 Å². The summed E-state index contributed by atoms with van der Waals surface area (Å²) in [5, 5.41) is 2.35. The van der Waals surface area contributed by atoms with E-state index in [9.17, 15) is 4.79 Å². The highest BCUT2D eigenvalue weighted by Gasteiger charge is 2.04. The summed E-state index contributed by atoms with van der Waals surface area (Å²) in [6.07, 6.45) is 3.39. The molecule has 2 nitrogen and oxygen atoms in total. The molecule has 3 aromatic carbocycles. The topological polar surface area (TPSA) is 43.1 Å². The molecular weight excluding hydrogens is 258 g/mol. The van der Waals surface area contributed by atoms with Crippen LogP contribution in [-0.2, 0) is 0 Å². The molecule has 3 rings (SSSR count). The van der Waals surface area contributed by atoms with Gasteiger partial charge in [-0.3, -0.25) is 4.79 Å². The van der Waals surface area contributed by atoms with Gasteiger partial charge in [0.05, 0.1) is 0 Å². The van der Waals surface area contributed by atoms with Crippen molar-refractivity contribution in [1.82, 2.24) is 0 Å². The minimum absolute atomic E-state index is 0.0822. The van der Waals surface area contributed by atoms with Crippen molar-refractivity contribution < 1.29 is 4.79 Å². The number of benzene rings is 3. The maximum Gasteiger partial charge on any atom is 0.187 e. The zero-order chi connectivity index (χ0) is 14.7. The minimum atomic E-state index is -0.0822. The Morgan fingerprint density at radius 2 is 1.57 bits per heavy atom. The molecule has 0 heterocycles. The Morgan fingerprint density at radius 1 is 0.857 bits per heavy atom. The maximum atomic E-state index is 12.1. The first kappa shape index (κ1) is 13.1. The molecule has 2 heteroatoms. The number of ketones is 1. The van der Waals surface area contributed by atoms with Crippen LogP contribution in [0.2, 0.25) is 0 Å². The molecule has 0 saturated carbocycles. The summed E-state index contributed by atoms with van der Waals surface area (Å²) >= 11 is 0. The summed E-state index contributed by atoms with van der Waals surface area (Å²) in [6, 6.07) is 21.4. The number of para-hydroxylation sites is 1. The molecule has 0 aliphatic carbocycles. The first-order valence-corrected chi connectivity index (χ1v) is 6.80. The van der Waals surface area contributed by atoms with E-state index >= 15 is 0 Å². The van der Waals surface area contributed by atoms with E-state index in [1.54, 1.807) is 18.2 Å². The zero-order valence-corrected chi connectivity index (χ0v) is 11.5. The van der Waals surface area contributed by atoms with Crippen LogP contribution in [0.4, 0.5) is 5.69 Å². The Labute approximate surface area is 123 Å². The van der Waals surface area contributed by atoms with Gasteiger partial charge in [0, 0.05) is 11.3 Å². The third-order valence-corrected chi connectivity index (χ3v) is 3.43. The van der Waals surface area contributed by atoms with Crippen LogP contribution in [0, 0.1) is 0 Å². The van der Waals surface area contributed by atoms with Gasteiger partial charge >= 0.3 is 0 Å². The molecule has 0 atom stereocenters. The number of fused-ring (bicyclic) bond motifs is 1. The minimum Gasteiger partial charge on any atom is -0.398 e. The highest BCUT2D eigenvalue weighted by molar-refractivity contribution is 6.10. The Bertz CT molecular complexity index is 834. The molecule has 0 amide bonds. The predicted octanol–water partition coefficient (Wildman–Crippen LogP) is 4.32. The Hall–Kier alpha value is -2.87. The lowest BCUT2D eigenvalue weighted by Gasteiger charge is -2.01. The third kappa shape index (κ3) is 2.84. The fourth-order valence-electron chi connectivity index (χ4n) is 2.29. The van der Waals surface area contributed by atoms with E-state index in [0.29, 0.717) is 11.3 Å². The molecule has 102 valence electrons. The highest BCUT2D eigenvalue weighted by Crippen LogP contribution is 2.17. The largest absolute Gasteiger partial charge is 0.398 e. The van der Waals surface area contributed by atoms with E-state index in [1.807, 2.05) is 36.4 Å². The number of anilines is 1. The van der Waals surface area contributed by atoms with Crippen LogP contribution >= 0.6 is 0 Å². The SMILES string of the molecule is Nc1ccccc1C(=O)C=Cc1ccc2ccccc2c1. The third-order valence-electron chi connectivity index (χ3n) is 3.43. The molecule has 0 aliphatic heterocycles. The van der Waals surface area contributed by atoms with Gasteiger partial charge < -0.3 is 5.73 Å². The van der Waals surface area contributed by atoms with Gasteiger partial charge in [-0.25, -0.2) is 0 Å². The lowest BCUT2D eigenvalue weighted by Crippen LogP contribution is -1.99. The standard InChI is InChI=1S/C19H15NO/c20-18-8-4-3-7-17(18)19(21)12-10-14-9-11-15-5-1-2-6-16(15)13-14/h1-13H,20H2. The zero-order valence-electron chi connectivity index (χ0n) is 11.5. The number of nitrogen functional groups attached to an aromatic ring is 1. The maximum absolute atomic E-state index is 12.1. The van der Waals surface area contributed by atoms with E-state index in [0.717, 1.165) is 10.9 Å². The first-order chi connectivity index (χ1) is 10.2. The predicted molar refractivity (Wildman–Crippen MR) is 88.2 cm³/mol. The Morgan fingerprint density at radius 3 is 2.38 bits per heavy atom. The lowest BCUT2D eigenvalue weighted by atomic mass is 10.0. The van der Waals surface area contributed by atoms with E-state index < -0.39 is 0 Å². The van der Waals surface area contributed by atoms with Crippen molar-refractivity contribution in [1.29, 1.82) is 0 Å². The monoisotopic (exact) mass is 273 g/mol. The van der Waals surface area contributed by atoms with Gasteiger partial charge in [0.15, 0.2) is 5.78 Å². The second-order valence-corrected chi connectivity index (χ2v) is 4.89. The van der Waals surface area contributed by atoms with Crippen molar-refractivity contribution in [3.8, 4) is 0 Å². The number of carbonyl (C=O) groups excluding carboxylic acids is 1. The summed E-state index contributed by atoms with van der Waals surface area (Å²) in [5.41, 5.74) is 7.85. The van der Waals surface area contributed by atoms with Crippen LogP contribution < -0.4 is 5.73 Å². The number of hydrogen-bond acceptors (Lipinski definition) is 2. The van der Waals surface area contributed by atoms with Crippen LogP contribution in [0.5, 0.6) is 0 Å². The molecule has 0 fully saturated rings. The van der Waals surface area contributed by atoms with Crippen molar-refractivity contribution >= 4 is 28.3 Å². The van der Waals surface area contributed by atoms with Crippen molar-refractivity contribution in [2.45, 2.75) is 0 Å². The van der Waals surface area contributed by atoms with Crippen molar-refractivity contribution in [2.24, 2.45) is 0 Å². The van der Waals surface area contributed by atoms with Crippen molar-refractivity contribution in [3.05, 3.63) is 83.9 Å². The van der Waals surface area contributed by atoms with Gasteiger partial charge in [-0.15, -0.1) is 0 Å². The highest BCUT2D eigenvalue weighted by atomic mass is 16.1. The van der Waals surface area contributed by atoms with Gasteiger partial charge in [0.2, 0.25) is 0 Å². The van der Waals surface area contributed by atoms with Gasteiger partial charge in [-0.05, 0) is 40.6 Å². The van der Waals surface area contributed by atoms with E-state index in [-0.39, 0.29) is 5.78 Å². The fourth-order valence-corrected chi connectivity index (χ4v) is 2.29. The number of nitrogens with two attached hydrogens (primary N) is 1. The molecule has 0 unspecified atom stereocenters. The summed E-state index contributed by atoms with van der Waals surface area (Å²) in [5.74, 6) is -0.0822. The van der Waals surface area contributed by atoms with E-state index in [1.165, 1.54) is 5.39 Å².